The van der Waals surface area contributed by atoms with Crippen molar-refractivity contribution in [3.63, 3.8) is 0 Å². The predicted molar refractivity (Wildman–Crippen MR) is 105 cm³/mol. The molecule has 0 bridgehead atoms. The molecule has 6 heteroatoms. The number of urea groups is 1. The van der Waals surface area contributed by atoms with E-state index in [1.807, 2.05) is 37.3 Å². The lowest BCUT2D eigenvalue weighted by atomic mass is 10.1. The van der Waals surface area contributed by atoms with Crippen molar-refractivity contribution >= 4 is 18.0 Å². The number of nitrogens with zero attached hydrogens (tertiary/aromatic N) is 1. The topological polar surface area (TPSA) is 67.9 Å². The summed E-state index contributed by atoms with van der Waals surface area (Å²) < 4.78 is 11.0. The van der Waals surface area contributed by atoms with Gasteiger partial charge in [0.1, 0.15) is 12.3 Å². The van der Waals surface area contributed by atoms with E-state index in [1.54, 1.807) is 24.3 Å². The fraction of sp³-hybridized carbons (Fsp3) is 0.182. The summed E-state index contributed by atoms with van der Waals surface area (Å²) >= 11 is 0. The highest BCUT2D eigenvalue weighted by molar-refractivity contribution is 6.13. The molecule has 2 aromatic rings. The highest BCUT2D eigenvalue weighted by atomic mass is 16.5. The average Bonchev–Trinajstić information content (AvgIpc) is 2.96. The van der Waals surface area contributed by atoms with Gasteiger partial charge in [-0.2, -0.15) is 0 Å². The van der Waals surface area contributed by atoms with Gasteiger partial charge in [0, 0.05) is 0 Å². The largest absolute Gasteiger partial charge is 0.490 e. The summed E-state index contributed by atoms with van der Waals surface area (Å²) in [7, 11) is 0. The molecule has 3 rings (SSSR count). The second-order valence-corrected chi connectivity index (χ2v) is 6.00. The van der Waals surface area contributed by atoms with Gasteiger partial charge in [-0.25, -0.2) is 4.79 Å². The van der Waals surface area contributed by atoms with Gasteiger partial charge in [0.25, 0.3) is 5.91 Å². The smallest absolute Gasteiger partial charge is 0.329 e. The zero-order chi connectivity index (χ0) is 19.9. The van der Waals surface area contributed by atoms with E-state index in [0.717, 1.165) is 5.56 Å². The lowest BCUT2D eigenvalue weighted by molar-refractivity contribution is -0.123. The van der Waals surface area contributed by atoms with Crippen molar-refractivity contribution in [2.75, 3.05) is 13.2 Å². The number of hydrogen-bond acceptors (Lipinski definition) is 4. The molecule has 6 nitrogen and oxygen atoms in total. The van der Waals surface area contributed by atoms with Crippen LogP contribution in [0.5, 0.6) is 11.5 Å². The Morgan fingerprint density at radius 2 is 1.89 bits per heavy atom. The Kier molecular flexibility index (Phi) is 5.97. The van der Waals surface area contributed by atoms with E-state index in [4.69, 9.17) is 15.9 Å². The van der Waals surface area contributed by atoms with Crippen LogP contribution in [-0.4, -0.2) is 30.1 Å². The minimum atomic E-state index is -0.445. The normalized spacial score (nSPS) is 14.7. The van der Waals surface area contributed by atoms with E-state index in [-0.39, 0.29) is 24.8 Å². The minimum Gasteiger partial charge on any atom is -0.490 e. The summed E-state index contributed by atoms with van der Waals surface area (Å²) in [5.41, 5.74) is 1.78. The van der Waals surface area contributed by atoms with Crippen molar-refractivity contribution in [3.05, 3.63) is 65.4 Å². The summed E-state index contributed by atoms with van der Waals surface area (Å²) in [6.45, 7) is 2.65. The third-order valence-electron chi connectivity index (χ3n) is 4.04. The van der Waals surface area contributed by atoms with E-state index in [0.29, 0.717) is 23.7 Å². The van der Waals surface area contributed by atoms with Crippen molar-refractivity contribution in [1.82, 2.24) is 10.2 Å². The number of nitrogens with one attached hydrogen (secondary N) is 1. The third-order valence-corrected chi connectivity index (χ3v) is 4.04. The van der Waals surface area contributed by atoms with Crippen LogP contribution >= 0.6 is 0 Å². The molecule has 1 fully saturated rings. The second kappa shape index (κ2) is 8.78. The third kappa shape index (κ3) is 4.33. The van der Waals surface area contributed by atoms with Gasteiger partial charge < -0.3 is 14.8 Å². The van der Waals surface area contributed by atoms with E-state index < -0.39 is 6.03 Å². The lowest BCUT2D eigenvalue weighted by Crippen LogP contribution is -2.30. The quantitative estimate of drug-likeness (QED) is 0.458. The Morgan fingerprint density at radius 1 is 1.11 bits per heavy atom. The summed E-state index contributed by atoms with van der Waals surface area (Å²) in [5, 5.41) is 2.62. The van der Waals surface area contributed by atoms with E-state index >= 15 is 0 Å². The van der Waals surface area contributed by atoms with E-state index in [2.05, 4.69) is 11.2 Å². The molecule has 0 radical (unpaired) electrons. The van der Waals surface area contributed by atoms with Crippen LogP contribution in [-0.2, 0) is 11.3 Å². The number of benzene rings is 2. The molecule has 1 aliphatic heterocycles. The van der Waals surface area contributed by atoms with Crippen LogP contribution in [0.3, 0.4) is 0 Å². The van der Waals surface area contributed by atoms with Crippen molar-refractivity contribution in [3.8, 4) is 23.8 Å². The van der Waals surface area contributed by atoms with Gasteiger partial charge >= 0.3 is 6.03 Å². The second-order valence-electron chi connectivity index (χ2n) is 6.00. The molecule has 1 saturated heterocycles. The SMILES string of the molecule is C#CCOc1ccc(/C=C2/NC(=O)N(Cc3ccccc3)C2=O)cc1OCC. The van der Waals surface area contributed by atoms with Crippen LogP contribution < -0.4 is 14.8 Å². The molecule has 1 heterocycles. The van der Waals surface area contributed by atoms with Crippen molar-refractivity contribution in [2.24, 2.45) is 0 Å². The van der Waals surface area contributed by atoms with Gasteiger partial charge in [0.05, 0.1) is 13.2 Å². The fourth-order valence-corrected chi connectivity index (χ4v) is 2.77. The summed E-state index contributed by atoms with van der Waals surface area (Å²) in [6, 6.07) is 14.1. The van der Waals surface area contributed by atoms with Crippen LogP contribution in [0.25, 0.3) is 6.08 Å². The first-order valence-corrected chi connectivity index (χ1v) is 8.84. The van der Waals surface area contributed by atoms with Crippen LogP contribution in [0, 0.1) is 12.3 Å². The van der Waals surface area contributed by atoms with Gasteiger partial charge in [-0.05, 0) is 36.3 Å². The van der Waals surface area contributed by atoms with Crippen molar-refractivity contribution in [1.29, 1.82) is 0 Å². The van der Waals surface area contributed by atoms with Crippen LogP contribution in [0.15, 0.2) is 54.2 Å². The Morgan fingerprint density at radius 3 is 2.61 bits per heavy atom. The van der Waals surface area contributed by atoms with E-state index in [9.17, 15) is 9.59 Å². The zero-order valence-electron chi connectivity index (χ0n) is 15.5. The average molecular weight is 376 g/mol. The van der Waals surface area contributed by atoms with Crippen LogP contribution in [0.2, 0.25) is 0 Å². The molecule has 3 amide bonds. The van der Waals surface area contributed by atoms with Crippen LogP contribution in [0.1, 0.15) is 18.1 Å². The Labute approximate surface area is 163 Å². The number of hydrogen-bond donors (Lipinski definition) is 1. The van der Waals surface area contributed by atoms with Crippen molar-refractivity contribution in [2.45, 2.75) is 13.5 Å². The molecule has 28 heavy (non-hydrogen) atoms. The molecule has 142 valence electrons. The number of amides is 3. The van der Waals surface area contributed by atoms with Crippen molar-refractivity contribution < 1.29 is 19.1 Å². The van der Waals surface area contributed by atoms with E-state index in [1.165, 1.54) is 4.90 Å². The standard InChI is InChI=1S/C22H20N2O4/c1-3-12-28-19-11-10-17(14-20(19)27-4-2)13-18-21(25)24(22(26)23-18)15-16-8-6-5-7-9-16/h1,5-11,13-14H,4,12,15H2,2H3,(H,23,26)/b18-13+. The number of imide groups is 1. The van der Waals surface area contributed by atoms with Gasteiger partial charge in [0.15, 0.2) is 11.5 Å². The molecule has 2 aromatic carbocycles. The Balaban J connectivity index is 1.81. The maximum absolute atomic E-state index is 12.6. The summed E-state index contributed by atoms with van der Waals surface area (Å²) in [4.78, 5) is 26.0. The molecule has 0 atom stereocenters. The molecular formula is C22H20N2O4. The molecule has 1 aliphatic rings. The highest BCUT2D eigenvalue weighted by Crippen LogP contribution is 2.29. The number of rotatable bonds is 7. The maximum Gasteiger partial charge on any atom is 0.329 e. The zero-order valence-corrected chi connectivity index (χ0v) is 15.5. The number of carbonyl (C=O) groups excluding carboxylic acids is 2. The van der Waals surface area contributed by atoms with Crippen LogP contribution in [0.4, 0.5) is 4.79 Å². The molecule has 0 unspecified atom stereocenters. The minimum absolute atomic E-state index is 0.128. The van der Waals surface area contributed by atoms with Gasteiger partial charge in [-0.3, -0.25) is 9.69 Å². The number of ether oxygens (including phenoxy) is 2. The van der Waals surface area contributed by atoms with Gasteiger partial charge in [0.2, 0.25) is 0 Å². The molecular weight excluding hydrogens is 356 g/mol. The summed E-state index contributed by atoms with van der Waals surface area (Å²) in [6.07, 6.45) is 6.84. The first-order chi connectivity index (χ1) is 13.6. The van der Waals surface area contributed by atoms with Gasteiger partial charge in [-0.15, -0.1) is 6.42 Å². The molecule has 0 aliphatic carbocycles. The molecule has 0 spiro atoms. The molecule has 0 aromatic heterocycles. The first-order valence-electron chi connectivity index (χ1n) is 8.84. The predicted octanol–water partition coefficient (Wildman–Crippen LogP) is 3.19. The highest BCUT2D eigenvalue weighted by Gasteiger charge is 2.33. The number of terminal acetylenes is 1. The number of carbonyl (C=O) groups is 2. The lowest BCUT2D eigenvalue weighted by Gasteiger charge is -2.12. The molecule has 1 N–H and O–H groups in total. The maximum atomic E-state index is 12.6. The Hall–Kier alpha value is -3.72. The fourth-order valence-electron chi connectivity index (χ4n) is 2.77. The summed E-state index contributed by atoms with van der Waals surface area (Å²) in [5.74, 6) is 3.07. The Bertz CT molecular complexity index is 945. The van der Waals surface area contributed by atoms with Gasteiger partial charge in [-0.1, -0.05) is 42.3 Å². The monoisotopic (exact) mass is 376 g/mol. The molecule has 0 saturated carbocycles. The first kappa shape index (κ1) is 19.1.